The molecular weight excluding hydrogens is 344 g/mol. The molecule has 0 amide bonds. The lowest BCUT2D eigenvalue weighted by atomic mass is 10.1. The van der Waals surface area contributed by atoms with Crippen LogP contribution in [0.3, 0.4) is 0 Å². The highest BCUT2D eigenvalue weighted by Crippen LogP contribution is 2.33. The van der Waals surface area contributed by atoms with Crippen molar-refractivity contribution in [1.82, 2.24) is 0 Å². The Labute approximate surface area is 133 Å². The SMILES string of the molecule is CCCCCCOc1c(Br)cc(Cl)cc1CCC(=O)O. The van der Waals surface area contributed by atoms with Gasteiger partial charge < -0.3 is 9.84 Å². The minimum Gasteiger partial charge on any atom is -0.492 e. The molecule has 1 rings (SSSR count). The van der Waals surface area contributed by atoms with Crippen LogP contribution in [0.15, 0.2) is 16.6 Å². The van der Waals surface area contributed by atoms with E-state index >= 15 is 0 Å². The van der Waals surface area contributed by atoms with E-state index in [1.54, 1.807) is 12.1 Å². The third-order valence-corrected chi connectivity index (χ3v) is 3.75. The highest BCUT2D eigenvalue weighted by Gasteiger charge is 2.12. The highest BCUT2D eigenvalue weighted by atomic mass is 79.9. The molecule has 1 aromatic carbocycles. The molecule has 0 atom stereocenters. The van der Waals surface area contributed by atoms with Gasteiger partial charge in [0.15, 0.2) is 0 Å². The van der Waals surface area contributed by atoms with Gasteiger partial charge in [-0.1, -0.05) is 37.8 Å². The van der Waals surface area contributed by atoms with Crippen LogP contribution in [0.1, 0.15) is 44.6 Å². The van der Waals surface area contributed by atoms with Gasteiger partial charge in [-0.15, -0.1) is 0 Å². The van der Waals surface area contributed by atoms with Crippen LogP contribution in [0.4, 0.5) is 0 Å². The van der Waals surface area contributed by atoms with Crippen LogP contribution in [0.25, 0.3) is 0 Å². The first-order valence-electron chi connectivity index (χ1n) is 6.87. The number of rotatable bonds is 9. The summed E-state index contributed by atoms with van der Waals surface area (Å²) in [6.45, 7) is 2.81. The molecule has 0 aliphatic rings. The molecule has 0 unspecified atom stereocenters. The maximum Gasteiger partial charge on any atom is 0.303 e. The van der Waals surface area contributed by atoms with Gasteiger partial charge in [0.25, 0.3) is 0 Å². The van der Waals surface area contributed by atoms with Gasteiger partial charge in [0.1, 0.15) is 5.75 Å². The quantitative estimate of drug-likeness (QED) is 0.622. The number of halogens is 2. The summed E-state index contributed by atoms with van der Waals surface area (Å²) in [5.41, 5.74) is 0.835. The summed E-state index contributed by atoms with van der Waals surface area (Å²) < 4.78 is 6.58. The molecule has 3 nitrogen and oxygen atoms in total. The Bertz CT molecular complexity index is 449. The summed E-state index contributed by atoms with van der Waals surface area (Å²) in [5.74, 6) is -0.109. The van der Waals surface area contributed by atoms with Gasteiger partial charge in [-0.2, -0.15) is 0 Å². The van der Waals surface area contributed by atoms with E-state index in [4.69, 9.17) is 21.4 Å². The van der Waals surface area contributed by atoms with Crippen molar-refractivity contribution >= 4 is 33.5 Å². The van der Waals surface area contributed by atoms with E-state index in [0.717, 1.165) is 22.9 Å². The summed E-state index contributed by atoms with van der Waals surface area (Å²) in [4.78, 5) is 10.7. The number of carboxylic acid groups (broad SMARTS) is 1. The van der Waals surface area contributed by atoms with Crippen LogP contribution >= 0.6 is 27.5 Å². The Morgan fingerprint density at radius 3 is 2.75 bits per heavy atom. The molecule has 0 aromatic heterocycles. The number of benzene rings is 1. The van der Waals surface area contributed by atoms with Gasteiger partial charge in [0.2, 0.25) is 0 Å². The topological polar surface area (TPSA) is 46.5 Å². The molecule has 112 valence electrons. The zero-order valence-electron chi connectivity index (χ0n) is 11.6. The zero-order chi connectivity index (χ0) is 15.0. The van der Waals surface area contributed by atoms with E-state index in [1.165, 1.54) is 12.8 Å². The van der Waals surface area contributed by atoms with Crippen LogP contribution in [0.5, 0.6) is 5.75 Å². The van der Waals surface area contributed by atoms with E-state index in [-0.39, 0.29) is 6.42 Å². The third-order valence-electron chi connectivity index (χ3n) is 2.94. The summed E-state index contributed by atoms with van der Waals surface area (Å²) in [6, 6.07) is 3.55. The molecule has 0 aliphatic heterocycles. The average Bonchev–Trinajstić information content (AvgIpc) is 2.38. The standard InChI is InChI=1S/C15H20BrClO3/c1-2-3-4-5-8-20-15-11(6-7-14(18)19)9-12(17)10-13(15)16/h9-10H,2-8H2,1H3,(H,18,19). The fourth-order valence-electron chi connectivity index (χ4n) is 1.91. The maximum atomic E-state index is 10.7. The zero-order valence-corrected chi connectivity index (χ0v) is 14.0. The van der Waals surface area contributed by atoms with Crippen LogP contribution < -0.4 is 4.74 Å². The lowest BCUT2D eigenvalue weighted by Crippen LogP contribution is -2.04. The first-order valence-corrected chi connectivity index (χ1v) is 8.04. The number of unbranched alkanes of at least 4 members (excludes halogenated alkanes) is 3. The van der Waals surface area contributed by atoms with Gasteiger partial charge in [-0.05, 0) is 46.5 Å². The largest absolute Gasteiger partial charge is 0.492 e. The molecule has 20 heavy (non-hydrogen) atoms. The molecule has 0 aliphatic carbocycles. The molecule has 0 spiro atoms. The van der Waals surface area contributed by atoms with Crippen molar-refractivity contribution in [1.29, 1.82) is 0 Å². The predicted octanol–water partition coefficient (Wildman–Crippen LogP) is 5.08. The number of aliphatic carboxylic acids is 1. The van der Waals surface area contributed by atoms with Crippen LogP contribution in [0, 0.1) is 0 Å². The number of aryl methyl sites for hydroxylation is 1. The van der Waals surface area contributed by atoms with Gasteiger partial charge >= 0.3 is 5.97 Å². The molecular formula is C15H20BrClO3. The van der Waals surface area contributed by atoms with Crippen LogP contribution in [-0.4, -0.2) is 17.7 Å². The maximum absolute atomic E-state index is 10.7. The lowest BCUT2D eigenvalue weighted by molar-refractivity contribution is -0.136. The van der Waals surface area contributed by atoms with Crippen LogP contribution in [0.2, 0.25) is 5.02 Å². The molecule has 0 fully saturated rings. The second-order valence-corrected chi connectivity index (χ2v) is 5.97. The van der Waals surface area contributed by atoms with Crippen molar-refractivity contribution in [2.75, 3.05) is 6.61 Å². The highest BCUT2D eigenvalue weighted by molar-refractivity contribution is 9.10. The molecule has 5 heteroatoms. The fourth-order valence-corrected chi connectivity index (χ4v) is 2.89. The normalized spacial score (nSPS) is 10.6. The van der Waals surface area contributed by atoms with E-state index in [1.807, 2.05) is 0 Å². The Kier molecular flexibility index (Phi) is 8.00. The van der Waals surface area contributed by atoms with E-state index in [0.29, 0.717) is 23.8 Å². The van der Waals surface area contributed by atoms with Gasteiger partial charge in [-0.25, -0.2) is 0 Å². The number of hydrogen-bond acceptors (Lipinski definition) is 2. The molecule has 0 bridgehead atoms. The summed E-state index contributed by atoms with van der Waals surface area (Å²) >= 11 is 9.44. The van der Waals surface area contributed by atoms with Crippen molar-refractivity contribution in [2.24, 2.45) is 0 Å². The molecule has 0 saturated heterocycles. The first kappa shape index (κ1) is 17.3. The Hall–Kier alpha value is -0.740. The summed E-state index contributed by atoms with van der Waals surface area (Å²) in [5, 5.41) is 9.37. The summed E-state index contributed by atoms with van der Waals surface area (Å²) in [6.07, 6.45) is 5.02. The summed E-state index contributed by atoms with van der Waals surface area (Å²) in [7, 11) is 0. The smallest absolute Gasteiger partial charge is 0.303 e. The number of hydrogen-bond donors (Lipinski definition) is 1. The Balaban J connectivity index is 2.68. The Morgan fingerprint density at radius 2 is 2.10 bits per heavy atom. The lowest BCUT2D eigenvalue weighted by Gasteiger charge is -2.13. The molecule has 1 aromatic rings. The molecule has 0 saturated carbocycles. The number of ether oxygens (including phenoxy) is 1. The Morgan fingerprint density at radius 1 is 1.35 bits per heavy atom. The van der Waals surface area contributed by atoms with Crippen molar-refractivity contribution in [3.8, 4) is 5.75 Å². The second-order valence-electron chi connectivity index (χ2n) is 4.68. The molecule has 0 heterocycles. The molecule has 0 radical (unpaired) electrons. The van der Waals surface area contributed by atoms with Crippen LogP contribution in [-0.2, 0) is 11.2 Å². The average molecular weight is 364 g/mol. The van der Waals surface area contributed by atoms with E-state index < -0.39 is 5.97 Å². The minimum atomic E-state index is -0.824. The first-order chi connectivity index (χ1) is 9.54. The second kappa shape index (κ2) is 9.24. The van der Waals surface area contributed by atoms with E-state index in [2.05, 4.69) is 22.9 Å². The van der Waals surface area contributed by atoms with Crippen molar-refractivity contribution < 1.29 is 14.6 Å². The third kappa shape index (κ3) is 6.14. The van der Waals surface area contributed by atoms with Crippen molar-refractivity contribution in [3.63, 3.8) is 0 Å². The van der Waals surface area contributed by atoms with E-state index in [9.17, 15) is 4.79 Å². The van der Waals surface area contributed by atoms with Crippen molar-refractivity contribution in [2.45, 2.75) is 45.4 Å². The van der Waals surface area contributed by atoms with Gasteiger partial charge in [0.05, 0.1) is 11.1 Å². The predicted molar refractivity (Wildman–Crippen MR) is 84.7 cm³/mol. The van der Waals surface area contributed by atoms with Crippen molar-refractivity contribution in [3.05, 3.63) is 27.2 Å². The number of carboxylic acids is 1. The fraction of sp³-hybridized carbons (Fsp3) is 0.533. The van der Waals surface area contributed by atoms with Gasteiger partial charge in [0, 0.05) is 11.4 Å². The number of carbonyl (C=O) groups is 1. The molecule has 1 N–H and O–H groups in total. The minimum absolute atomic E-state index is 0.0684. The van der Waals surface area contributed by atoms with Gasteiger partial charge in [-0.3, -0.25) is 4.79 Å². The monoisotopic (exact) mass is 362 g/mol.